The molecule has 0 aliphatic rings. The Hall–Kier alpha value is -2.46. The van der Waals surface area contributed by atoms with E-state index in [1.165, 1.54) is 11.3 Å². The van der Waals surface area contributed by atoms with E-state index in [0.717, 1.165) is 21.5 Å². The standard InChI is InChI=1S/C17H13NO2S/c1-20-13-9-6-12(7-10-13)8-11-15(19)17-18-14-4-2-3-5-16(14)21-17/h2-11H,1H3. The van der Waals surface area contributed by atoms with E-state index in [9.17, 15) is 4.79 Å². The van der Waals surface area contributed by atoms with Crippen LogP contribution >= 0.6 is 11.3 Å². The zero-order valence-corrected chi connectivity index (χ0v) is 12.3. The van der Waals surface area contributed by atoms with E-state index in [4.69, 9.17) is 4.74 Å². The minimum Gasteiger partial charge on any atom is -0.497 e. The Morgan fingerprint density at radius 1 is 1.14 bits per heavy atom. The molecule has 3 rings (SSSR count). The Morgan fingerprint density at radius 2 is 1.90 bits per heavy atom. The van der Waals surface area contributed by atoms with Crippen LogP contribution in [-0.2, 0) is 0 Å². The van der Waals surface area contributed by atoms with Crippen molar-refractivity contribution in [3.05, 3.63) is 65.2 Å². The van der Waals surface area contributed by atoms with Gasteiger partial charge >= 0.3 is 0 Å². The number of ketones is 1. The number of para-hydroxylation sites is 1. The summed E-state index contributed by atoms with van der Waals surface area (Å²) in [5, 5.41) is 0.515. The molecule has 0 radical (unpaired) electrons. The Balaban J connectivity index is 1.79. The molecule has 21 heavy (non-hydrogen) atoms. The molecule has 1 aromatic heterocycles. The minimum absolute atomic E-state index is 0.0768. The highest BCUT2D eigenvalue weighted by Gasteiger charge is 2.08. The molecule has 104 valence electrons. The monoisotopic (exact) mass is 295 g/mol. The topological polar surface area (TPSA) is 39.2 Å². The predicted molar refractivity (Wildman–Crippen MR) is 86.0 cm³/mol. The second-order valence-corrected chi connectivity index (χ2v) is 5.49. The summed E-state index contributed by atoms with van der Waals surface area (Å²) in [5.74, 6) is 0.719. The molecule has 4 heteroatoms. The SMILES string of the molecule is COc1ccc(C=CC(=O)c2nc3ccccc3s2)cc1. The van der Waals surface area contributed by atoms with Gasteiger partial charge in [0.1, 0.15) is 5.75 Å². The van der Waals surface area contributed by atoms with Gasteiger partial charge in [-0.1, -0.05) is 30.3 Å². The molecule has 0 bridgehead atoms. The second kappa shape index (κ2) is 5.89. The van der Waals surface area contributed by atoms with Crippen LogP contribution in [0.5, 0.6) is 5.75 Å². The number of aromatic nitrogens is 1. The number of hydrogen-bond donors (Lipinski definition) is 0. The average molecular weight is 295 g/mol. The lowest BCUT2D eigenvalue weighted by Gasteiger charge is -1.98. The predicted octanol–water partition coefficient (Wildman–Crippen LogP) is 4.20. The molecule has 0 unspecified atom stereocenters. The van der Waals surface area contributed by atoms with E-state index < -0.39 is 0 Å². The number of nitrogens with zero attached hydrogens (tertiary/aromatic N) is 1. The van der Waals surface area contributed by atoms with Crippen molar-refractivity contribution in [3.8, 4) is 5.75 Å². The van der Waals surface area contributed by atoms with E-state index in [-0.39, 0.29) is 5.78 Å². The number of benzene rings is 2. The number of ether oxygens (including phenoxy) is 1. The van der Waals surface area contributed by atoms with Crippen molar-refractivity contribution in [2.45, 2.75) is 0 Å². The highest BCUT2D eigenvalue weighted by Crippen LogP contribution is 2.22. The zero-order valence-electron chi connectivity index (χ0n) is 11.4. The van der Waals surface area contributed by atoms with Gasteiger partial charge in [-0.25, -0.2) is 4.98 Å². The molecule has 1 heterocycles. The van der Waals surface area contributed by atoms with E-state index in [1.54, 1.807) is 19.3 Å². The van der Waals surface area contributed by atoms with E-state index in [1.807, 2.05) is 48.5 Å². The van der Waals surface area contributed by atoms with Crippen molar-refractivity contribution in [2.24, 2.45) is 0 Å². The maximum absolute atomic E-state index is 12.1. The first-order chi connectivity index (χ1) is 10.3. The summed E-state index contributed by atoms with van der Waals surface area (Å²) < 4.78 is 6.12. The minimum atomic E-state index is -0.0768. The molecule has 2 aromatic carbocycles. The van der Waals surface area contributed by atoms with Gasteiger partial charge in [0.2, 0.25) is 5.78 Å². The summed E-state index contributed by atoms with van der Waals surface area (Å²) >= 11 is 1.41. The summed E-state index contributed by atoms with van der Waals surface area (Å²) in [7, 11) is 1.63. The molecule has 0 fully saturated rings. The third-order valence-corrected chi connectivity index (χ3v) is 4.10. The highest BCUT2D eigenvalue weighted by molar-refractivity contribution is 7.20. The molecule has 3 nitrogen and oxygen atoms in total. The molecule has 0 spiro atoms. The van der Waals surface area contributed by atoms with Crippen LogP contribution in [-0.4, -0.2) is 17.9 Å². The fourth-order valence-corrected chi connectivity index (χ4v) is 2.82. The highest BCUT2D eigenvalue weighted by atomic mass is 32.1. The van der Waals surface area contributed by atoms with E-state index in [2.05, 4.69) is 4.98 Å². The first-order valence-electron chi connectivity index (χ1n) is 6.48. The maximum atomic E-state index is 12.1. The van der Waals surface area contributed by atoms with Gasteiger partial charge in [0.15, 0.2) is 5.01 Å². The fourth-order valence-electron chi connectivity index (χ4n) is 1.94. The van der Waals surface area contributed by atoms with Gasteiger partial charge < -0.3 is 4.74 Å². The first-order valence-corrected chi connectivity index (χ1v) is 7.30. The van der Waals surface area contributed by atoms with Crippen LogP contribution in [0.4, 0.5) is 0 Å². The number of methoxy groups -OCH3 is 1. The van der Waals surface area contributed by atoms with Crippen molar-refractivity contribution < 1.29 is 9.53 Å². The molecule has 3 aromatic rings. The summed E-state index contributed by atoms with van der Waals surface area (Å²) in [5.41, 5.74) is 1.81. The van der Waals surface area contributed by atoms with Gasteiger partial charge in [0.05, 0.1) is 17.3 Å². The van der Waals surface area contributed by atoms with Gasteiger partial charge in [-0.05, 0) is 35.9 Å². The van der Waals surface area contributed by atoms with Crippen LogP contribution < -0.4 is 4.74 Å². The third kappa shape index (κ3) is 3.01. The van der Waals surface area contributed by atoms with Gasteiger partial charge in [0.25, 0.3) is 0 Å². The maximum Gasteiger partial charge on any atom is 0.214 e. The normalized spacial score (nSPS) is 11.1. The Morgan fingerprint density at radius 3 is 2.62 bits per heavy atom. The molecule has 0 saturated heterocycles. The number of hydrogen-bond acceptors (Lipinski definition) is 4. The summed E-state index contributed by atoms with van der Waals surface area (Å²) in [4.78, 5) is 16.5. The Bertz CT molecular complexity index is 770. The quantitative estimate of drug-likeness (QED) is 0.535. The van der Waals surface area contributed by atoms with Gasteiger partial charge in [-0.3, -0.25) is 4.79 Å². The van der Waals surface area contributed by atoms with Crippen LogP contribution in [0.15, 0.2) is 54.6 Å². The lowest BCUT2D eigenvalue weighted by molar-refractivity contribution is 0.104. The van der Waals surface area contributed by atoms with Crippen molar-refractivity contribution in [1.82, 2.24) is 4.98 Å². The number of rotatable bonds is 4. The zero-order chi connectivity index (χ0) is 14.7. The third-order valence-electron chi connectivity index (χ3n) is 3.05. The van der Waals surface area contributed by atoms with Crippen molar-refractivity contribution in [3.63, 3.8) is 0 Å². The largest absolute Gasteiger partial charge is 0.497 e. The molecular weight excluding hydrogens is 282 g/mol. The Kier molecular flexibility index (Phi) is 3.79. The lowest BCUT2D eigenvalue weighted by atomic mass is 10.2. The summed E-state index contributed by atoms with van der Waals surface area (Å²) in [6.07, 6.45) is 3.34. The number of thiazole rings is 1. The lowest BCUT2D eigenvalue weighted by Crippen LogP contribution is -1.92. The van der Waals surface area contributed by atoms with Crippen LogP contribution in [0.2, 0.25) is 0 Å². The van der Waals surface area contributed by atoms with Gasteiger partial charge in [-0.15, -0.1) is 11.3 Å². The van der Waals surface area contributed by atoms with Gasteiger partial charge in [-0.2, -0.15) is 0 Å². The molecule has 0 N–H and O–H groups in total. The van der Waals surface area contributed by atoms with Crippen LogP contribution in [0.3, 0.4) is 0 Å². The molecule has 0 aliphatic heterocycles. The van der Waals surface area contributed by atoms with E-state index in [0.29, 0.717) is 5.01 Å². The number of allylic oxidation sites excluding steroid dienone is 1. The number of carbonyl (C=O) groups excluding carboxylic acids is 1. The number of carbonyl (C=O) groups is 1. The van der Waals surface area contributed by atoms with E-state index >= 15 is 0 Å². The second-order valence-electron chi connectivity index (χ2n) is 4.46. The van der Waals surface area contributed by atoms with Crippen LogP contribution in [0, 0.1) is 0 Å². The summed E-state index contributed by atoms with van der Waals surface area (Å²) in [6, 6.07) is 15.3. The molecule has 0 amide bonds. The number of fused-ring (bicyclic) bond motifs is 1. The summed E-state index contributed by atoms with van der Waals surface area (Å²) in [6.45, 7) is 0. The molecule has 0 saturated carbocycles. The fraction of sp³-hybridized carbons (Fsp3) is 0.0588. The van der Waals surface area contributed by atoms with Crippen molar-refractivity contribution >= 4 is 33.4 Å². The Labute approximate surface area is 126 Å². The molecular formula is C17H13NO2S. The molecule has 0 atom stereocenters. The van der Waals surface area contributed by atoms with Crippen molar-refractivity contribution in [2.75, 3.05) is 7.11 Å². The van der Waals surface area contributed by atoms with Crippen LogP contribution in [0.1, 0.15) is 15.4 Å². The van der Waals surface area contributed by atoms with Gasteiger partial charge in [0, 0.05) is 0 Å². The molecule has 0 aliphatic carbocycles. The van der Waals surface area contributed by atoms with Crippen molar-refractivity contribution in [1.29, 1.82) is 0 Å². The van der Waals surface area contributed by atoms with Crippen LogP contribution in [0.25, 0.3) is 16.3 Å². The smallest absolute Gasteiger partial charge is 0.214 e. The average Bonchev–Trinajstić information content (AvgIpc) is 2.97. The first kappa shape index (κ1) is 13.5.